The van der Waals surface area contributed by atoms with Gasteiger partial charge in [0.25, 0.3) is 11.4 Å². The van der Waals surface area contributed by atoms with E-state index in [0.717, 1.165) is 24.5 Å². The molecule has 0 aliphatic heterocycles. The van der Waals surface area contributed by atoms with Crippen molar-refractivity contribution in [3.8, 4) is 11.5 Å². The van der Waals surface area contributed by atoms with Gasteiger partial charge in [-0.3, -0.25) is 20.2 Å². The van der Waals surface area contributed by atoms with Crippen LogP contribution >= 0.6 is 0 Å². The predicted octanol–water partition coefficient (Wildman–Crippen LogP) is 11.1. The molecule has 68 heavy (non-hydrogen) atoms. The Kier molecular flexibility index (Phi) is 20.3. The van der Waals surface area contributed by atoms with E-state index in [4.69, 9.17) is 18.9 Å². The summed E-state index contributed by atoms with van der Waals surface area (Å²) in [6, 6.07) is 29.1. The van der Waals surface area contributed by atoms with Crippen LogP contribution in [0.25, 0.3) is 0 Å². The molecule has 358 valence electrons. The maximum absolute atomic E-state index is 12.1. The van der Waals surface area contributed by atoms with Gasteiger partial charge >= 0.3 is 11.9 Å². The Hall–Kier alpha value is -7.84. The smallest absolute Gasteiger partial charge is 0.339 e. The first-order chi connectivity index (χ1) is 32.9. The number of carbonyl (C=O) groups is 2. The number of aromatic carboxylic acids is 2. The van der Waals surface area contributed by atoms with E-state index >= 15 is 0 Å². The molecule has 5 aromatic rings. The van der Waals surface area contributed by atoms with Crippen molar-refractivity contribution in [2.75, 3.05) is 75.6 Å². The van der Waals surface area contributed by atoms with E-state index in [-0.39, 0.29) is 47.2 Å². The van der Waals surface area contributed by atoms with E-state index in [1.54, 1.807) is 0 Å². The topological polar surface area (TPSA) is 254 Å². The first kappa shape index (κ1) is 51.1. The third kappa shape index (κ3) is 16.2. The van der Waals surface area contributed by atoms with Gasteiger partial charge < -0.3 is 39.0 Å². The highest BCUT2D eigenvalue weighted by Gasteiger charge is 2.21. The molecule has 0 atom stereocenters. The Morgan fingerprint density at radius 1 is 0.500 bits per heavy atom. The molecule has 20 nitrogen and oxygen atoms in total. The number of hydrogen-bond acceptors (Lipinski definition) is 16. The molecule has 0 bridgehead atoms. The van der Waals surface area contributed by atoms with Crippen LogP contribution in [0.5, 0.6) is 11.5 Å². The largest absolute Gasteiger partial charge is 0.493 e. The van der Waals surface area contributed by atoms with Gasteiger partial charge in [-0.1, -0.05) is 0 Å². The van der Waals surface area contributed by atoms with Crippen LogP contribution in [0, 0.1) is 20.2 Å². The second-order valence-electron chi connectivity index (χ2n) is 14.9. The lowest BCUT2D eigenvalue weighted by Crippen LogP contribution is -2.27. The van der Waals surface area contributed by atoms with Crippen LogP contribution in [0.15, 0.2) is 130 Å². The summed E-state index contributed by atoms with van der Waals surface area (Å²) in [5, 5.41) is 58.2. The zero-order chi connectivity index (χ0) is 48.7. The van der Waals surface area contributed by atoms with Crippen molar-refractivity contribution in [1.29, 1.82) is 0 Å². The lowest BCUT2D eigenvalue weighted by molar-refractivity contribution is -0.385. The number of nitrogens with zero attached hydrogens (tertiary/aromatic N) is 8. The van der Waals surface area contributed by atoms with E-state index in [2.05, 4.69) is 30.3 Å². The summed E-state index contributed by atoms with van der Waals surface area (Å²) in [6.45, 7) is 9.00. The molecule has 0 heterocycles. The summed E-state index contributed by atoms with van der Waals surface area (Å²) in [5.41, 5.74) is 3.80. The van der Waals surface area contributed by atoms with Gasteiger partial charge in [-0.15, -0.1) is 0 Å². The Bertz CT molecular complexity index is 2300. The van der Waals surface area contributed by atoms with Gasteiger partial charge in [0.1, 0.15) is 22.6 Å². The summed E-state index contributed by atoms with van der Waals surface area (Å²) in [6.07, 6.45) is 2.35. The van der Waals surface area contributed by atoms with E-state index in [1.807, 2.05) is 62.4 Å². The van der Waals surface area contributed by atoms with Gasteiger partial charge in [0.2, 0.25) is 0 Å². The molecule has 0 saturated carbocycles. The summed E-state index contributed by atoms with van der Waals surface area (Å²) in [4.78, 5) is 49.3. The van der Waals surface area contributed by atoms with Crippen molar-refractivity contribution in [3.05, 3.63) is 141 Å². The number of non-ortho nitro benzene ring substituents is 2. The summed E-state index contributed by atoms with van der Waals surface area (Å²) < 4.78 is 23.2. The van der Waals surface area contributed by atoms with Crippen molar-refractivity contribution >= 4 is 57.4 Å². The maximum Gasteiger partial charge on any atom is 0.339 e. The number of unbranched alkanes of at least 4 members (excludes halogenated alkanes) is 2. The van der Waals surface area contributed by atoms with Gasteiger partial charge in [-0.05, 0) is 124 Å². The molecule has 2 N–H and O–H groups in total. The first-order valence-electron chi connectivity index (χ1n) is 22.0. The fourth-order valence-electron chi connectivity index (χ4n) is 6.58. The van der Waals surface area contributed by atoms with Crippen LogP contribution in [0.2, 0.25) is 0 Å². The Labute approximate surface area is 392 Å². The van der Waals surface area contributed by atoms with Crippen LogP contribution < -0.4 is 19.3 Å². The summed E-state index contributed by atoms with van der Waals surface area (Å²) >= 11 is 0. The quantitative estimate of drug-likeness (QED) is 0.0188. The van der Waals surface area contributed by atoms with Crippen molar-refractivity contribution in [2.24, 2.45) is 20.5 Å². The molecule has 0 unspecified atom stereocenters. The van der Waals surface area contributed by atoms with Crippen molar-refractivity contribution in [3.63, 3.8) is 0 Å². The number of likely N-dealkylation sites (N-methyl/N-ethyl adjacent to an activating group) is 2. The van der Waals surface area contributed by atoms with Crippen LogP contribution in [0.4, 0.5) is 45.5 Å². The molecule has 0 radical (unpaired) electrons. The molecule has 0 aromatic heterocycles. The SMILES string of the molecule is CCN(CCOCCCCOc1cc(C(=O)O)c(OCCCCOCCN(CC)c2ccc(N=Nc3ccc([N+](=O)[O-])cc3)cc2)cc1C(=O)O)c1ccc(N=Nc2ccc([N+](=O)[O-])cc2)cc1. The van der Waals surface area contributed by atoms with Crippen LogP contribution in [-0.2, 0) is 9.47 Å². The summed E-state index contributed by atoms with van der Waals surface area (Å²) in [7, 11) is 0. The van der Waals surface area contributed by atoms with Crippen LogP contribution in [-0.4, -0.2) is 97.8 Å². The third-order valence-electron chi connectivity index (χ3n) is 10.3. The average Bonchev–Trinajstić information content (AvgIpc) is 3.34. The number of carboxylic acids is 2. The van der Waals surface area contributed by atoms with Gasteiger partial charge in [0.15, 0.2) is 0 Å². The van der Waals surface area contributed by atoms with Gasteiger partial charge in [0.05, 0.1) is 59.0 Å². The van der Waals surface area contributed by atoms with Gasteiger partial charge in [-0.2, -0.15) is 20.5 Å². The molecule has 5 aromatic carbocycles. The molecule has 0 amide bonds. The number of carboxylic acid groups (broad SMARTS) is 2. The predicted molar refractivity (Wildman–Crippen MR) is 255 cm³/mol. The van der Waals surface area contributed by atoms with Gasteiger partial charge in [0, 0.05) is 75.0 Å². The van der Waals surface area contributed by atoms with E-state index < -0.39 is 21.8 Å². The lowest BCUT2D eigenvalue weighted by Gasteiger charge is -2.23. The molecule has 0 aliphatic carbocycles. The van der Waals surface area contributed by atoms with E-state index in [0.29, 0.717) is 87.9 Å². The highest BCUT2D eigenvalue weighted by Crippen LogP contribution is 2.31. The molecule has 0 aliphatic rings. The Balaban J connectivity index is 0.965. The standard InChI is InChI=1S/C48H54N8O12/c1-3-53(39-17-9-35(10-18-39)49-51-37-13-21-41(22-14-37)55(61)62)25-31-65-27-5-7-29-67-45-33-44(48(59)60)46(34-43(45)47(57)58)68-30-8-6-28-66-32-26-54(4-2)40-19-11-36(12-20-40)50-52-38-15-23-42(24-16-38)56(63)64/h9-24,33-34H,3-8,25-32H2,1-2H3,(H,57,58)(H,59,60). The molecule has 5 rings (SSSR count). The Morgan fingerprint density at radius 2 is 0.809 bits per heavy atom. The highest BCUT2D eigenvalue weighted by molar-refractivity contribution is 5.97. The van der Waals surface area contributed by atoms with E-state index in [9.17, 15) is 40.0 Å². The molecular weight excluding hydrogens is 881 g/mol. The molecule has 0 fully saturated rings. The van der Waals surface area contributed by atoms with Crippen LogP contribution in [0.1, 0.15) is 60.2 Å². The highest BCUT2D eigenvalue weighted by atomic mass is 16.6. The second-order valence-corrected chi connectivity index (χ2v) is 14.9. The number of ether oxygens (including phenoxy) is 4. The fraction of sp³-hybridized carbons (Fsp3) is 0.333. The monoisotopic (exact) mass is 934 g/mol. The minimum absolute atomic E-state index is 0.0155. The normalized spacial score (nSPS) is 11.2. The minimum Gasteiger partial charge on any atom is -0.493 e. The number of anilines is 2. The Morgan fingerprint density at radius 3 is 1.10 bits per heavy atom. The number of nitro groups is 2. The molecule has 0 saturated heterocycles. The first-order valence-corrected chi connectivity index (χ1v) is 22.0. The maximum atomic E-state index is 12.1. The van der Waals surface area contributed by atoms with Gasteiger partial charge in [-0.25, -0.2) is 9.59 Å². The summed E-state index contributed by atoms with van der Waals surface area (Å²) in [5.74, 6) is -2.67. The molecular formula is C48H54N8O12. The number of nitro benzene ring substituents is 2. The zero-order valence-corrected chi connectivity index (χ0v) is 37.8. The van der Waals surface area contributed by atoms with E-state index in [1.165, 1.54) is 60.7 Å². The number of benzene rings is 5. The number of hydrogen-bond donors (Lipinski definition) is 2. The van der Waals surface area contributed by atoms with Crippen molar-refractivity contribution in [1.82, 2.24) is 0 Å². The lowest BCUT2D eigenvalue weighted by atomic mass is 10.1. The minimum atomic E-state index is -1.28. The number of rotatable bonds is 30. The second kappa shape index (κ2) is 27.0. The molecule has 20 heteroatoms. The number of azo groups is 2. The van der Waals surface area contributed by atoms with Crippen LogP contribution in [0.3, 0.4) is 0 Å². The zero-order valence-electron chi connectivity index (χ0n) is 37.8. The average molecular weight is 935 g/mol. The third-order valence-corrected chi connectivity index (χ3v) is 10.3. The molecule has 0 spiro atoms. The van der Waals surface area contributed by atoms with Crippen molar-refractivity contribution < 1.29 is 48.6 Å². The fourth-order valence-corrected chi connectivity index (χ4v) is 6.58. The van der Waals surface area contributed by atoms with Crippen molar-refractivity contribution in [2.45, 2.75) is 39.5 Å².